The Labute approximate surface area is 303 Å². The van der Waals surface area contributed by atoms with E-state index in [1.807, 2.05) is 13.8 Å². The number of anilines is 2. The second kappa shape index (κ2) is 15.9. The average molecular weight is 736 g/mol. The van der Waals surface area contributed by atoms with Crippen molar-refractivity contribution in [1.29, 1.82) is 0 Å². The van der Waals surface area contributed by atoms with E-state index in [4.69, 9.17) is 37.4 Å². The zero-order chi connectivity index (χ0) is 36.0. The minimum Gasteiger partial charge on any atom is -0.491 e. The summed E-state index contributed by atoms with van der Waals surface area (Å²) in [6.07, 6.45) is 6.25. The summed E-state index contributed by atoms with van der Waals surface area (Å²) in [5.74, 6) is -0.665. The van der Waals surface area contributed by atoms with Crippen molar-refractivity contribution in [2.45, 2.75) is 44.7 Å². The first-order valence-electron chi connectivity index (χ1n) is 16.3. The fourth-order valence-electron chi connectivity index (χ4n) is 5.68. The molecular formula is C35H36Cl2N8O6. The number of amides is 2. The third kappa shape index (κ3) is 7.99. The van der Waals surface area contributed by atoms with E-state index in [1.54, 1.807) is 77.7 Å². The standard InChI is InChI=1S/C35H36Cl2N8O6/c1-3-25(2)45-34(48)44(22-40-45)29-7-5-27(6-8-29)41(23-46)14-15-42(24-47)28-9-11-30(12-10-28)49-17-31-18-50-35(51-31,19-43-21-38-20-39-43)32-13-4-26(36)16-33(32)37/h4-13,16,20-25,31H,3,14-15,17-19H2,1-2H3/t25?,31-,35-/m0/s1. The molecule has 5 aromatic rings. The first-order chi connectivity index (χ1) is 24.7. The second-order valence-corrected chi connectivity index (χ2v) is 12.8. The highest BCUT2D eigenvalue weighted by Crippen LogP contribution is 2.40. The summed E-state index contributed by atoms with van der Waals surface area (Å²) in [5.41, 5.74) is 2.25. The van der Waals surface area contributed by atoms with Crippen molar-refractivity contribution in [2.75, 3.05) is 36.1 Å². The molecule has 3 atom stereocenters. The van der Waals surface area contributed by atoms with Crippen LogP contribution in [0.5, 0.6) is 5.75 Å². The van der Waals surface area contributed by atoms with Gasteiger partial charge in [-0.25, -0.2) is 23.7 Å². The SMILES string of the molecule is CCC(C)n1ncn(-c2ccc(N(C=O)CCN(C=O)c3ccc(OC[C@H]4CO[C@](Cn5cncn5)(c5ccc(Cl)cc5Cl)O4)cc3)cc2)c1=O. The quantitative estimate of drug-likeness (QED) is 0.130. The summed E-state index contributed by atoms with van der Waals surface area (Å²) in [6, 6.07) is 19.1. The van der Waals surface area contributed by atoms with Crippen LogP contribution in [0.15, 0.2) is 90.5 Å². The van der Waals surface area contributed by atoms with E-state index < -0.39 is 11.9 Å². The molecular weight excluding hydrogens is 699 g/mol. The van der Waals surface area contributed by atoms with Crippen LogP contribution in [0.1, 0.15) is 31.9 Å². The van der Waals surface area contributed by atoms with Gasteiger partial charge >= 0.3 is 5.69 Å². The van der Waals surface area contributed by atoms with E-state index in [2.05, 4.69) is 15.2 Å². The number of carbonyl (C=O) groups is 2. The Morgan fingerprint density at radius 2 is 1.67 bits per heavy atom. The summed E-state index contributed by atoms with van der Waals surface area (Å²) >= 11 is 12.7. The molecule has 3 heterocycles. The predicted molar refractivity (Wildman–Crippen MR) is 191 cm³/mol. The molecule has 0 aliphatic carbocycles. The molecule has 0 saturated carbocycles. The van der Waals surface area contributed by atoms with Crippen LogP contribution in [0, 0.1) is 0 Å². The normalized spacial score (nSPS) is 17.6. The number of hydrogen-bond donors (Lipinski definition) is 0. The van der Waals surface area contributed by atoms with E-state index in [-0.39, 0.29) is 44.6 Å². The van der Waals surface area contributed by atoms with Gasteiger partial charge in [0.2, 0.25) is 18.6 Å². The minimum absolute atomic E-state index is 0.0188. The highest BCUT2D eigenvalue weighted by atomic mass is 35.5. The van der Waals surface area contributed by atoms with E-state index >= 15 is 0 Å². The molecule has 1 saturated heterocycles. The summed E-state index contributed by atoms with van der Waals surface area (Å²) in [6.45, 7) is 5.03. The maximum absolute atomic E-state index is 12.8. The number of aromatic nitrogens is 6. The van der Waals surface area contributed by atoms with Crippen molar-refractivity contribution in [3.8, 4) is 11.4 Å². The van der Waals surface area contributed by atoms with Crippen LogP contribution >= 0.6 is 23.2 Å². The Hall–Kier alpha value is -5.02. The largest absolute Gasteiger partial charge is 0.491 e. The molecule has 16 heteroatoms. The van der Waals surface area contributed by atoms with Crippen molar-refractivity contribution < 1.29 is 23.8 Å². The molecule has 2 amide bonds. The van der Waals surface area contributed by atoms with Crippen LogP contribution in [-0.2, 0) is 31.4 Å². The van der Waals surface area contributed by atoms with Gasteiger partial charge in [-0.2, -0.15) is 10.2 Å². The lowest BCUT2D eigenvalue weighted by atomic mass is 10.1. The van der Waals surface area contributed by atoms with Crippen molar-refractivity contribution in [3.05, 3.63) is 112 Å². The molecule has 3 aromatic carbocycles. The van der Waals surface area contributed by atoms with Gasteiger partial charge in [-0.05, 0) is 74.0 Å². The van der Waals surface area contributed by atoms with Crippen LogP contribution < -0.4 is 20.2 Å². The summed E-state index contributed by atoms with van der Waals surface area (Å²) in [5, 5.41) is 9.30. The van der Waals surface area contributed by atoms with Crippen LogP contribution in [-0.4, -0.2) is 74.3 Å². The topological polar surface area (TPSA) is 139 Å². The van der Waals surface area contributed by atoms with Gasteiger partial charge in [0.1, 0.15) is 44.0 Å². The number of benzene rings is 3. The van der Waals surface area contributed by atoms with Gasteiger partial charge in [-0.3, -0.25) is 9.59 Å². The maximum Gasteiger partial charge on any atom is 0.350 e. The fraction of sp³-hybridized carbons (Fsp3) is 0.314. The van der Waals surface area contributed by atoms with Gasteiger partial charge in [0, 0.05) is 35.1 Å². The lowest BCUT2D eigenvalue weighted by molar-refractivity contribution is -0.190. The van der Waals surface area contributed by atoms with Gasteiger partial charge in [0.25, 0.3) is 0 Å². The molecule has 0 spiro atoms. The summed E-state index contributed by atoms with van der Waals surface area (Å²) in [4.78, 5) is 43.9. The van der Waals surface area contributed by atoms with Crippen molar-refractivity contribution in [2.24, 2.45) is 0 Å². The minimum atomic E-state index is -1.23. The van der Waals surface area contributed by atoms with Crippen molar-refractivity contribution in [1.82, 2.24) is 29.1 Å². The van der Waals surface area contributed by atoms with Crippen LogP contribution in [0.4, 0.5) is 11.4 Å². The third-order valence-electron chi connectivity index (χ3n) is 8.64. The molecule has 266 valence electrons. The summed E-state index contributed by atoms with van der Waals surface area (Å²) < 4.78 is 23.2. The lowest BCUT2D eigenvalue weighted by Crippen LogP contribution is -2.35. The van der Waals surface area contributed by atoms with Crippen molar-refractivity contribution in [3.63, 3.8) is 0 Å². The predicted octanol–water partition coefficient (Wildman–Crippen LogP) is 4.88. The van der Waals surface area contributed by atoms with Gasteiger partial charge in [-0.15, -0.1) is 0 Å². The summed E-state index contributed by atoms with van der Waals surface area (Å²) in [7, 11) is 0. The van der Waals surface area contributed by atoms with Gasteiger partial charge < -0.3 is 24.0 Å². The molecule has 0 bridgehead atoms. The smallest absolute Gasteiger partial charge is 0.350 e. The van der Waals surface area contributed by atoms with E-state index in [0.29, 0.717) is 51.2 Å². The number of halogens is 2. The second-order valence-electron chi connectivity index (χ2n) is 11.9. The number of hydrogen-bond acceptors (Lipinski definition) is 9. The highest BCUT2D eigenvalue weighted by molar-refractivity contribution is 6.35. The number of carbonyl (C=O) groups excluding carboxylic acids is 2. The third-order valence-corrected chi connectivity index (χ3v) is 9.19. The first kappa shape index (κ1) is 35.8. The van der Waals surface area contributed by atoms with Crippen LogP contribution in [0.3, 0.4) is 0 Å². The zero-order valence-electron chi connectivity index (χ0n) is 27.9. The van der Waals surface area contributed by atoms with Gasteiger partial charge in [-0.1, -0.05) is 36.2 Å². The Bertz CT molecular complexity index is 1990. The monoisotopic (exact) mass is 734 g/mol. The van der Waals surface area contributed by atoms with E-state index in [1.165, 1.54) is 31.7 Å². The molecule has 1 unspecified atom stereocenters. The average Bonchev–Trinajstić information content (AvgIpc) is 3.90. The van der Waals surface area contributed by atoms with Crippen LogP contribution in [0.25, 0.3) is 5.69 Å². The maximum atomic E-state index is 12.8. The molecule has 1 aliphatic rings. The fourth-order valence-corrected chi connectivity index (χ4v) is 6.23. The van der Waals surface area contributed by atoms with Crippen molar-refractivity contribution >= 4 is 47.4 Å². The molecule has 6 rings (SSSR count). The zero-order valence-corrected chi connectivity index (χ0v) is 29.4. The van der Waals surface area contributed by atoms with Gasteiger partial charge in [0.05, 0.1) is 23.4 Å². The van der Waals surface area contributed by atoms with Crippen LogP contribution in [0.2, 0.25) is 10.0 Å². The highest BCUT2D eigenvalue weighted by Gasteiger charge is 2.45. The first-order valence-corrected chi connectivity index (χ1v) is 17.0. The van der Waals surface area contributed by atoms with E-state index in [0.717, 1.165) is 6.42 Å². The molecule has 14 nitrogen and oxygen atoms in total. The molecule has 0 radical (unpaired) electrons. The Morgan fingerprint density at radius 1 is 0.980 bits per heavy atom. The molecule has 2 aromatic heterocycles. The lowest BCUT2D eigenvalue weighted by Gasteiger charge is -2.29. The Kier molecular flexibility index (Phi) is 11.2. The number of ether oxygens (including phenoxy) is 3. The Morgan fingerprint density at radius 3 is 2.27 bits per heavy atom. The Balaban J connectivity index is 1.05. The molecule has 1 aliphatic heterocycles. The molecule has 51 heavy (non-hydrogen) atoms. The number of nitrogens with zero attached hydrogens (tertiary/aromatic N) is 8. The number of rotatable bonds is 16. The molecule has 0 N–H and O–H groups in total. The van der Waals surface area contributed by atoms with E-state index in [9.17, 15) is 14.4 Å². The van der Waals surface area contributed by atoms with Gasteiger partial charge in [0.15, 0.2) is 0 Å². The molecule has 1 fully saturated rings.